The second-order valence-corrected chi connectivity index (χ2v) is 5.89. The average molecular weight is 309 g/mol. The van der Waals surface area contributed by atoms with Gasteiger partial charge in [-0.05, 0) is 68.9 Å². The lowest BCUT2D eigenvalue weighted by atomic mass is 10.0. The van der Waals surface area contributed by atoms with Gasteiger partial charge in [-0.25, -0.2) is 0 Å². The van der Waals surface area contributed by atoms with E-state index in [0.29, 0.717) is 0 Å². The van der Waals surface area contributed by atoms with Gasteiger partial charge in [-0.3, -0.25) is 0 Å². The van der Waals surface area contributed by atoms with E-state index in [-0.39, 0.29) is 6.10 Å². The Labute approximate surface area is 118 Å². The number of benzene rings is 1. The molecule has 0 aromatic heterocycles. The summed E-state index contributed by atoms with van der Waals surface area (Å²) in [4.78, 5) is 0. The molecule has 1 aromatic rings. The maximum Gasteiger partial charge on any atom is 0.120 e. The van der Waals surface area contributed by atoms with E-state index < -0.39 is 0 Å². The van der Waals surface area contributed by atoms with Gasteiger partial charge >= 0.3 is 0 Å². The number of allylic oxidation sites excluding steroid dienone is 1. The van der Waals surface area contributed by atoms with Crippen molar-refractivity contribution in [3.8, 4) is 5.75 Å². The molecule has 1 atom stereocenters. The zero-order valence-electron chi connectivity index (χ0n) is 11.2. The minimum atomic E-state index is 0.241. The third-order valence-electron chi connectivity index (χ3n) is 3.41. The van der Waals surface area contributed by atoms with Crippen molar-refractivity contribution < 1.29 is 4.74 Å². The first-order valence-corrected chi connectivity index (χ1v) is 7.56. The fourth-order valence-corrected chi connectivity index (χ4v) is 2.60. The Balaban J connectivity index is 2.10. The van der Waals surface area contributed by atoms with Crippen LogP contribution in [0.15, 0.2) is 28.8 Å². The number of hydrogen-bond donors (Lipinski definition) is 0. The molecule has 2 rings (SSSR count). The Hall–Kier alpha value is -0.760. The first-order chi connectivity index (χ1) is 8.66. The van der Waals surface area contributed by atoms with Gasteiger partial charge in [0.1, 0.15) is 11.9 Å². The van der Waals surface area contributed by atoms with Crippen molar-refractivity contribution >= 4 is 15.9 Å². The highest BCUT2D eigenvalue weighted by Gasteiger charge is 2.10. The zero-order valence-corrected chi connectivity index (χ0v) is 12.8. The van der Waals surface area contributed by atoms with E-state index in [9.17, 15) is 0 Å². The van der Waals surface area contributed by atoms with E-state index >= 15 is 0 Å². The molecule has 0 fully saturated rings. The van der Waals surface area contributed by atoms with Gasteiger partial charge in [0.05, 0.1) is 0 Å². The van der Waals surface area contributed by atoms with Crippen molar-refractivity contribution in [3.05, 3.63) is 39.9 Å². The highest BCUT2D eigenvalue weighted by atomic mass is 79.9. The molecule has 2 heteroatoms. The molecule has 1 nitrogen and oxygen atoms in total. The monoisotopic (exact) mass is 308 g/mol. The van der Waals surface area contributed by atoms with Crippen molar-refractivity contribution in [2.45, 2.75) is 52.1 Å². The fraction of sp³-hybridized carbons (Fsp3) is 0.500. The van der Waals surface area contributed by atoms with Gasteiger partial charge < -0.3 is 4.74 Å². The lowest BCUT2D eigenvalue weighted by Crippen LogP contribution is -2.14. The molecule has 0 aliphatic heterocycles. The summed E-state index contributed by atoms with van der Waals surface area (Å²) in [5.41, 5.74) is 2.47. The minimum Gasteiger partial charge on any atom is -0.486 e. The van der Waals surface area contributed by atoms with Crippen molar-refractivity contribution in [2.24, 2.45) is 0 Å². The van der Waals surface area contributed by atoms with Crippen molar-refractivity contribution in [3.63, 3.8) is 0 Å². The standard InChI is InChI=1S/C16H21BrO/c1-12-10-15(11-13(2)16(12)17)18-14-8-6-4-3-5-7-9-14/h6,8,10-11,14H,3-5,7,9H2,1-2H3/b8-6+. The van der Waals surface area contributed by atoms with Crippen LogP contribution < -0.4 is 4.74 Å². The first kappa shape index (κ1) is 13.7. The summed E-state index contributed by atoms with van der Waals surface area (Å²) in [5, 5.41) is 0. The molecule has 0 saturated carbocycles. The van der Waals surface area contributed by atoms with E-state index in [1.807, 2.05) is 0 Å². The second kappa shape index (κ2) is 6.42. The molecule has 98 valence electrons. The number of rotatable bonds is 2. The fourth-order valence-electron chi connectivity index (χ4n) is 2.38. The van der Waals surface area contributed by atoms with Gasteiger partial charge in [0.2, 0.25) is 0 Å². The van der Waals surface area contributed by atoms with Crippen molar-refractivity contribution in [2.75, 3.05) is 0 Å². The SMILES string of the molecule is Cc1cc(OC2/C=C/CCCCC2)cc(C)c1Br. The van der Waals surface area contributed by atoms with Gasteiger partial charge in [-0.15, -0.1) is 0 Å². The number of aryl methyl sites for hydroxylation is 2. The summed E-state index contributed by atoms with van der Waals surface area (Å²) in [6, 6.07) is 4.23. The van der Waals surface area contributed by atoms with Crippen LogP contribution in [-0.4, -0.2) is 6.10 Å². The normalized spacial score (nSPS) is 22.1. The summed E-state index contributed by atoms with van der Waals surface area (Å²) in [5.74, 6) is 0.989. The maximum atomic E-state index is 6.10. The molecule has 0 spiro atoms. The Morgan fingerprint density at radius 1 is 1.11 bits per heavy atom. The molecule has 0 amide bonds. The highest BCUT2D eigenvalue weighted by molar-refractivity contribution is 9.10. The molecule has 0 heterocycles. The summed E-state index contributed by atoms with van der Waals surface area (Å²) >= 11 is 3.59. The van der Waals surface area contributed by atoms with Crippen LogP contribution in [-0.2, 0) is 0 Å². The lowest BCUT2D eigenvalue weighted by molar-refractivity contribution is 0.231. The summed E-state index contributed by atoms with van der Waals surface area (Å²) in [6.45, 7) is 4.22. The van der Waals surface area contributed by atoms with E-state index in [1.54, 1.807) is 0 Å². The molecular formula is C16H21BrO. The molecule has 0 saturated heterocycles. The number of hydrogen-bond acceptors (Lipinski definition) is 1. The second-order valence-electron chi connectivity index (χ2n) is 5.09. The van der Waals surface area contributed by atoms with Crippen LogP contribution in [0.25, 0.3) is 0 Å². The molecule has 1 aliphatic carbocycles. The minimum absolute atomic E-state index is 0.241. The predicted molar refractivity (Wildman–Crippen MR) is 80.3 cm³/mol. The Morgan fingerprint density at radius 3 is 2.56 bits per heavy atom. The number of halogens is 1. The van der Waals surface area contributed by atoms with Crippen molar-refractivity contribution in [1.29, 1.82) is 0 Å². The van der Waals surface area contributed by atoms with Gasteiger partial charge in [0.25, 0.3) is 0 Å². The molecular weight excluding hydrogens is 288 g/mol. The Kier molecular flexibility index (Phi) is 4.87. The molecule has 0 bridgehead atoms. The van der Waals surface area contributed by atoms with Gasteiger partial charge in [-0.1, -0.05) is 28.4 Å². The van der Waals surface area contributed by atoms with Crippen LogP contribution in [0.5, 0.6) is 5.75 Å². The van der Waals surface area contributed by atoms with E-state index in [1.165, 1.54) is 41.3 Å². The third-order valence-corrected chi connectivity index (χ3v) is 4.66. The quantitative estimate of drug-likeness (QED) is 0.671. The molecule has 18 heavy (non-hydrogen) atoms. The highest BCUT2D eigenvalue weighted by Crippen LogP contribution is 2.28. The van der Waals surface area contributed by atoms with Crippen LogP contribution in [0.3, 0.4) is 0 Å². The van der Waals surface area contributed by atoms with E-state index in [0.717, 1.165) is 12.2 Å². The van der Waals surface area contributed by atoms with E-state index in [4.69, 9.17) is 4.74 Å². The van der Waals surface area contributed by atoms with Gasteiger partial charge in [-0.2, -0.15) is 0 Å². The lowest BCUT2D eigenvalue weighted by Gasteiger charge is -2.18. The molecule has 1 aliphatic rings. The molecule has 1 aromatic carbocycles. The largest absolute Gasteiger partial charge is 0.486 e. The Bertz CT molecular complexity index is 414. The summed E-state index contributed by atoms with van der Waals surface area (Å²) in [7, 11) is 0. The first-order valence-electron chi connectivity index (χ1n) is 6.77. The van der Waals surface area contributed by atoms with Crippen LogP contribution in [0.4, 0.5) is 0 Å². The number of ether oxygens (including phenoxy) is 1. The Morgan fingerprint density at radius 2 is 1.83 bits per heavy atom. The maximum absolute atomic E-state index is 6.10. The van der Waals surface area contributed by atoms with Crippen LogP contribution in [0, 0.1) is 13.8 Å². The summed E-state index contributed by atoms with van der Waals surface area (Å²) < 4.78 is 7.28. The van der Waals surface area contributed by atoms with Crippen LogP contribution in [0.1, 0.15) is 43.2 Å². The average Bonchev–Trinajstić information content (AvgIpc) is 2.29. The van der Waals surface area contributed by atoms with Gasteiger partial charge in [0.15, 0.2) is 0 Å². The summed E-state index contributed by atoms with van der Waals surface area (Å²) in [6.07, 6.45) is 11.0. The molecule has 0 radical (unpaired) electrons. The topological polar surface area (TPSA) is 9.23 Å². The van der Waals surface area contributed by atoms with Crippen LogP contribution in [0.2, 0.25) is 0 Å². The molecule has 1 unspecified atom stereocenters. The zero-order chi connectivity index (χ0) is 13.0. The van der Waals surface area contributed by atoms with Crippen LogP contribution >= 0.6 is 15.9 Å². The van der Waals surface area contributed by atoms with E-state index in [2.05, 4.69) is 54.1 Å². The smallest absolute Gasteiger partial charge is 0.120 e. The molecule has 0 N–H and O–H groups in total. The third kappa shape index (κ3) is 3.61. The van der Waals surface area contributed by atoms with Crippen molar-refractivity contribution in [1.82, 2.24) is 0 Å². The van der Waals surface area contributed by atoms with Gasteiger partial charge in [0, 0.05) is 4.47 Å². The predicted octanol–water partition coefficient (Wildman–Crippen LogP) is 5.33.